The number of rotatable bonds is 2. The quantitative estimate of drug-likeness (QED) is 0.616. The number of hydrogen-bond acceptors (Lipinski definition) is 2. The molecule has 68 valence electrons. The highest BCUT2D eigenvalue weighted by atomic mass is 19.4. The molecule has 0 aromatic rings. The molecule has 0 aliphatic carbocycles. The Hall–Kier alpha value is -0.290. The summed E-state index contributed by atoms with van der Waals surface area (Å²) in [4.78, 5) is 0. The van der Waals surface area contributed by atoms with E-state index < -0.39 is 17.9 Å². The Morgan fingerprint density at radius 3 is 1.64 bits per heavy atom. The maximum absolute atomic E-state index is 12.0. The molecule has 0 fully saturated rings. The molecule has 5 heteroatoms. The first-order valence-corrected chi connectivity index (χ1v) is 3.18. The lowest BCUT2D eigenvalue weighted by molar-refractivity contribution is -0.289. The van der Waals surface area contributed by atoms with Gasteiger partial charge in [-0.05, 0) is 13.3 Å². The smallest absolute Gasteiger partial charge is 0.367 e. The minimum absolute atomic E-state index is 0.353. The van der Waals surface area contributed by atoms with E-state index in [-0.39, 0.29) is 6.42 Å². The molecule has 0 saturated heterocycles. The summed E-state index contributed by atoms with van der Waals surface area (Å²) >= 11 is 0. The molecule has 0 heterocycles. The zero-order valence-corrected chi connectivity index (χ0v) is 6.31. The van der Waals surface area contributed by atoms with Crippen molar-refractivity contribution < 1.29 is 23.4 Å². The molecule has 0 spiro atoms. The molecule has 1 unspecified atom stereocenters. The van der Waals surface area contributed by atoms with Gasteiger partial charge in [-0.3, -0.25) is 0 Å². The molecule has 0 rings (SSSR count). The van der Waals surface area contributed by atoms with Gasteiger partial charge in [-0.15, -0.1) is 0 Å². The first-order chi connectivity index (χ1) is 4.75. The predicted molar refractivity (Wildman–Crippen MR) is 32.7 cm³/mol. The predicted octanol–water partition coefficient (Wildman–Crippen LogP) is 1.28. The number of hydrogen-bond donors (Lipinski definition) is 2. The SMILES string of the molecule is CCC(C)(C(O)O)C(F)(F)F. The van der Waals surface area contributed by atoms with Gasteiger partial charge in [0.25, 0.3) is 0 Å². The molecule has 0 aliphatic rings. The van der Waals surface area contributed by atoms with Gasteiger partial charge < -0.3 is 10.2 Å². The summed E-state index contributed by atoms with van der Waals surface area (Å²) in [5.74, 6) is 0. The van der Waals surface area contributed by atoms with Crippen LogP contribution in [0.2, 0.25) is 0 Å². The van der Waals surface area contributed by atoms with Gasteiger partial charge in [0, 0.05) is 0 Å². The molecule has 2 N–H and O–H groups in total. The Labute approximate surface area is 62.6 Å². The van der Waals surface area contributed by atoms with Crippen molar-refractivity contribution in [2.45, 2.75) is 32.7 Å². The monoisotopic (exact) mass is 172 g/mol. The van der Waals surface area contributed by atoms with Crippen molar-refractivity contribution in [3.8, 4) is 0 Å². The highest BCUT2D eigenvalue weighted by Gasteiger charge is 2.54. The molecule has 0 bridgehead atoms. The molecule has 0 radical (unpaired) electrons. The Morgan fingerprint density at radius 1 is 1.27 bits per heavy atom. The van der Waals surface area contributed by atoms with E-state index in [0.29, 0.717) is 0 Å². The van der Waals surface area contributed by atoms with Crippen LogP contribution >= 0.6 is 0 Å². The lowest BCUT2D eigenvalue weighted by Gasteiger charge is -2.32. The van der Waals surface area contributed by atoms with E-state index in [1.165, 1.54) is 6.92 Å². The van der Waals surface area contributed by atoms with Gasteiger partial charge >= 0.3 is 6.18 Å². The fourth-order valence-corrected chi connectivity index (χ4v) is 0.529. The summed E-state index contributed by atoms with van der Waals surface area (Å²) in [5, 5.41) is 16.9. The van der Waals surface area contributed by atoms with Gasteiger partial charge in [0.05, 0.1) is 0 Å². The molecular weight excluding hydrogens is 161 g/mol. The fraction of sp³-hybridized carbons (Fsp3) is 1.00. The average molecular weight is 172 g/mol. The van der Waals surface area contributed by atoms with Gasteiger partial charge in [-0.2, -0.15) is 13.2 Å². The number of aliphatic hydroxyl groups is 2. The second kappa shape index (κ2) is 2.98. The van der Waals surface area contributed by atoms with Crippen molar-refractivity contribution >= 4 is 0 Å². The van der Waals surface area contributed by atoms with Crippen molar-refractivity contribution in [2.24, 2.45) is 5.41 Å². The standard InChI is InChI=1S/C6H11F3O2/c1-3-5(2,4(10)11)6(7,8)9/h4,10-11H,3H2,1-2H3. The summed E-state index contributed by atoms with van der Waals surface area (Å²) in [6.45, 7) is 2.03. The Morgan fingerprint density at radius 2 is 1.64 bits per heavy atom. The molecular formula is C6H11F3O2. The minimum atomic E-state index is -4.57. The van der Waals surface area contributed by atoms with Crippen LogP contribution in [-0.4, -0.2) is 22.7 Å². The maximum Gasteiger partial charge on any atom is 0.399 e. The molecule has 1 atom stereocenters. The molecule has 11 heavy (non-hydrogen) atoms. The maximum atomic E-state index is 12.0. The zero-order chi connectivity index (χ0) is 9.28. The van der Waals surface area contributed by atoms with Crippen molar-refractivity contribution in [3.05, 3.63) is 0 Å². The summed E-state index contributed by atoms with van der Waals surface area (Å²) in [6.07, 6.45) is -7.28. The third kappa shape index (κ3) is 1.84. The summed E-state index contributed by atoms with van der Waals surface area (Å²) in [7, 11) is 0. The first kappa shape index (κ1) is 10.7. The van der Waals surface area contributed by atoms with Gasteiger partial charge in [0.15, 0.2) is 6.29 Å². The number of halogens is 3. The second-order valence-corrected chi connectivity index (χ2v) is 2.64. The third-order valence-electron chi connectivity index (χ3n) is 1.95. The fourth-order valence-electron chi connectivity index (χ4n) is 0.529. The van der Waals surface area contributed by atoms with Crippen LogP contribution < -0.4 is 0 Å². The van der Waals surface area contributed by atoms with Crippen LogP contribution in [0.3, 0.4) is 0 Å². The van der Waals surface area contributed by atoms with Crippen LogP contribution in [0.25, 0.3) is 0 Å². The Bertz CT molecular complexity index is 132. The van der Waals surface area contributed by atoms with Gasteiger partial charge in [-0.25, -0.2) is 0 Å². The van der Waals surface area contributed by atoms with E-state index in [1.807, 2.05) is 0 Å². The largest absolute Gasteiger partial charge is 0.399 e. The van der Waals surface area contributed by atoms with Crippen molar-refractivity contribution in [2.75, 3.05) is 0 Å². The zero-order valence-electron chi connectivity index (χ0n) is 6.31. The van der Waals surface area contributed by atoms with Gasteiger partial charge in [0.2, 0.25) is 0 Å². The van der Waals surface area contributed by atoms with Crippen LogP contribution in [0, 0.1) is 5.41 Å². The van der Waals surface area contributed by atoms with Gasteiger partial charge in [-0.1, -0.05) is 6.92 Å². The van der Waals surface area contributed by atoms with Crippen molar-refractivity contribution in [1.82, 2.24) is 0 Å². The summed E-state index contributed by atoms with van der Waals surface area (Å²) < 4.78 is 36.1. The van der Waals surface area contributed by atoms with E-state index >= 15 is 0 Å². The van der Waals surface area contributed by atoms with Crippen LogP contribution in [0.4, 0.5) is 13.2 Å². The lowest BCUT2D eigenvalue weighted by atomic mass is 9.86. The van der Waals surface area contributed by atoms with Crippen molar-refractivity contribution in [1.29, 1.82) is 0 Å². The minimum Gasteiger partial charge on any atom is -0.367 e. The highest BCUT2D eigenvalue weighted by Crippen LogP contribution is 2.42. The van der Waals surface area contributed by atoms with Crippen LogP contribution in [0.15, 0.2) is 0 Å². The molecule has 0 aliphatic heterocycles. The molecule has 0 aromatic heterocycles. The van der Waals surface area contributed by atoms with Crippen LogP contribution in [-0.2, 0) is 0 Å². The average Bonchev–Trinajstić information content (AvgIpc) is 1.83. The lowest BCUT2D eigenvalue weighted by Crippen LogP contribution is -2.44. The Balaban J connectivity index is 4.61. The van der Waals surface area contributed by atoms with Crippen LogP contribution in [0.1, 0.15) is 20.3 Å². The summed E-state index contributed by atoms with van der Waals surface area (Å²) in [6, 6.07) is 0. The van der Waals surface area contributed by atoms with E-state index in [9.17, 15) is 13.2 Å². The second-order valence-electron chi connectivity index (χ2n) is 2.64. The molecule has 0 aromatic carbocycles. The number of alkyl halides is 3. The topological polar surface area (TPSA) is 40.5 Å². The van der Waals surface area contributed by atoms with E-state index in [1.54, 1.807) is 0 Å². The molecule has 2 nitrogen and oxygen atoms in total. The van der Waals surface area contributed by atoms with E-state index in [0.717, 1.165) is 6.92 Å². The van der Waals surface area contributed by atoms with Crippen LogP contribution in [0.5, 0.6) is 0 Å². The molecule has 0 saturated carbocycles. The van der Waals surface area contributed by atoms with Gasteiger partial charge in [0.1, 0.15) is 5.41 Å². The summed E-state index contributed by atoms with van der Waals surface area (Å²) in [5.41, 5.74) is -2.41. The third-order valence-corrected chi connectivity index (χ3v) is 1.95. The number of aliphatic hydroxyl groups excluding tert-OH is 1. The Kier molecular flexibility index (Phi) is 2.91. The van der Waals surface area contributed by atoms with E-state index in [4.69, 9.17) is 10.2 Å². The molecule has 0 amide bonds. The normalized spacial score (nSPS) is 18.5. The first-order valence-electron chi connectivity index (χ1n) is 3.18. The highest BCUT2D eigenvalue weighted by molar-refractivity contribution is 4.82. The van der Waals surface area contributed by atoms with E-state index in [2.05, 4.69) is 0 Å². The van der Waals surface area contributed by atoms with Crippen molar-refractivity contribution in [3.63, 3.8) is 0 Å².